The highest BCUT2D eigenvalue weighted by molar-refractivity contribution is 7.52. The molecule has 2 aromatic heterocycles. The van der Waals surface area contributed by atoms with E-state index in [9.17, 15) is 14.5 Å². The zero-order valence-electron chi connectivity index (χ0n) is 22.9. The highest BCUT2D eigenvalue weighted by atomic mass is 35.5. The van der Waals surface area contributed by atoms with Gasteiger partial charge in [-0.15, -0.1) is 0 Å². The number of ether oxygens (including phenoxy) is 2. The van der Waals surface area contributed by atoms with Crippen molar-refractivity contribution in [2.75, 3.05) is 31.8 Å². The molecule has 3 aromatic rings. The largest absolute Gasteiger partial charge is 0.389 e. The van der Waals surface area contributed by atoms with Crippen molar-refractivity contribution in [1.82, 2.24) is 19.5 Å². The summed E-state index contributed by atoms with van der Waals surface area (Å²) < 4.78 is 37.3. The zero-order valence-corrected chi connectivity index (χ0v) is 24.6. The van der Waals surface area contributed by atoms with Crippen molar-refractivity contribution >= 4 is 42.1 Å². The molecule has 218 valence electrons. The topological polar surface area (TPSA) is 147 Å². The SMILES string of the molecule is CCCC(=O)Nc1nc(Cl)nc2c1ncn2[C@@H]1O[C@H](COP(C)(=O)OCC)[C@H](O)C1(C)COCc1ccccc1. The summed E-state index contributed by atoms with van der Waals surface area (Å²) in [5.41, 5.74) is 0.562. The number of anilines is 1. The summed E-state index contributed by atoms with van der Waals surface area (Å²) in [7, 11) is -3.35. The molecular formula is C26H35ClN5O7P. The van der Waals surface area contributed by atoms with Crippen LogP contribution in [0, 0.1) is 5.41 Å². The van der Waals surface area contributed by atoms with Crippen molar-refractivity contribution in [2.45, 2.75) is 58.7 Å². The smallest absolute Gasteiger partial charge is 0.327 e. The Labute approximate surface area is 237 Å². The van der Waals surface area contributed by atoms with Gasteiger partial charge in [-0.05, 0) is 30.5 Å². The number of halogens is 1. The summed E-state index contributed by atoms with van der Waals surface area (Å²) >= 11 is 6.23. The number of carbonyl (C=O) groups excluding carboxylic acids is 1. The van der Waals surface area contributed by atoms with Crippen molar-refractivity contribution in [3.8, 4) is 0 Å². The molecule has 2 unspecified atom stereocenters. The Morgan fingerprint density at radius 1 is 1.25 bits per heavy atom. The average Bonchev–Trinajstić information content (AvgIpc) is 3.42. The lowest BCUT2D eigenvalue weighted by Crippen LogP contribution is -2.42. The van der Waals surface area contributed by atoms with E-state index in [4.69, 9.17) is 30.1 Å². The van der Waals surface area contributed by atoms with Crippen molar-refractivity contribution in [1.29, 1.82) is 0 Å². The van der Waals surface area contributed by atoms with Gasteiger partial charge in [-0.1, -0.05) is 44.2 Å². The number of fused-ring (bicyclic) bond motifs is 1. The third-order valence-corrected chi connectivity index (χ3v) is 8.15. The number of hydrogen-bond donors (Lipinski definition) is 2. The molecule has 4 rings (SSSR count). The van der Waals surface area contributed by atoms with Gasteiger partial charge in [-0.25, -0.2) is 4.98 Å². The van der Waals surface area contributed by atoms with Crippen LogP contribution in [0.5, 0.6) is 0 Å². The van der Waals surface area contributed by atoms with Gasteiger partial charge in [-0.2, -0.15) is 9.97 Å². The van der Waals surface area contributed by atoms with E-state index < -0.39 is 31.4 Å². The minimum Gasteiger partial charge on any atom is -0.389 e. The molecule has 1 aliphatic heterocycles. The van der Waals surface area contributed by atoms with Crippen LogP contribution in [0.1, 0.15) is 45.4 Å². The maximum Gasteiger partial charge on any atom is 0.327 e. The number of benzene rings is 1. The van der Waals surface area contributed by atoms with Crippen molar-refractivity contribution in [3.05, 3.63) is 47.5 Å². The van der Waals surface area contributed by atoms with Crippen molar-refractivity contribution < 1.29 is 33.0 Å². The maximum absolute atomic E-state index is 12.6. The highest BCUT2D eigenvalue weighted by Crippen LogP contribution is 2.49. The second-order valence-corrected chi connectivity index (χ2v) is 12.3. The van der Waals surface area contributed by atoms with Gasteiger partial charge >= 0.3 is 7.60 Å². The van der Waals surface area contributed by atoms with Crippen LogP contribution in [0.25, 0.3) is 11.2 Å². The van der Waals surface area contributed by atoms with E-state index >= 15 is 0 Å². The summed E-state index contributed by atoms with van der Waals surface area (Å²) in [5, 5.41) is 14.1. The predicted octanol–water partition coefficient (Wildman–Crippen LogP) is 4.58. The van der Waals surface area contributed by atoms with E-state index in [0.29, 0.717) is 30.6 Å². The van der Waals surface area contributed by atoms with Crippen LogP contribution >= 0.6 is 19.2 Å². The first kappa shape index (κ1) is 30.5. The third-order valence-electron chi connectivity index (χ3n) is 6.64. The van der Waals surface area contributed by atoms with E-state index in [-0.39, 0.29) is 36.8 Å². The number of nitrogens with zero attached hydrogens (tertiary/aromatic N) is 4. The fraction of sp³-hybridized carbons (Fsp3) is 0.538. The van der Waals surface area contributed by atoms with E-state index in [1.54, 1.807) is 11.5 Å². The summed E-state index contributed by atoms with van der Waals surface area (Å²) in [5.74, 6) is -0.0494. The third kappa shape index (κ3) is 6.88. The number of amides is 1. The molecule has 1 saturated heterocycles. The number of rotatable bonds is 13. The Balaban J connectivity index is 1.66. The van der Waals surface area contributed by atoms with Gasteiger partial charge < -0.3 is 28.9 Å². The summed E-state index contributed by atoms with van der Waals surface area (Å²) in [6.45, 7) is 7.25. The molecule has 1 amide bonds. The van der Waals surface area contributed by atoms with Crippen molar-refractivity contribution in [2.24, 2.45) is 5.41 Å². The Morgan fingerprint density at radius 2 is 2.00 bits per heavy atom. The van der Waals surface area contributed by atoms with Crippen LogP contribution in [0.4, 0.5) is 5.82 Å². The fourth-order valence-corrected chi connectivity index (χ4v) is 5.78. The molecule has 0 radical (unpaired) electrons. The minimum atomic E-state index is -3.35. The number of aliphatic hydroxyl groups is 1. The molecule has 1 aliphatic rings. The van der Waals surface area contributed by atoms with Gasteiger partial charge in [-0.3, -0.25) is 13.9 Å². The fourth-order valence-electron chi connectivity index (χ4n) is 4.65. The van der Waals surface area contributed by atoms with Crippen molar-refractivity contribution in [3.63, 3.8) is 0 Å². The summed E-state index contributed by atoms with van der Waals surface area (Å²) in [6, 6.07) is 9.65. The molecule has 0 spiro atoms. The normalized spacial score (nSPS) is 24.3. The number of aliphatic hydroxyl groups excluding tert-OH is 1. The summed E-state index contributed by atoms with van der Waals surface area (Å²) in [6.07, 6.45) is -0.342. The van der Waals surface area contributed by atoms with Gasteiger partial charge in [0.05, 0.1) is 44.3 Å². The lowest BCUT2D eigenvalue weighted by Gasteiger charge is -2.33. The number of aromatic nitrogens is 4. The number of hydrogen-bond acceptors (Lipinski definition) is 10. The highest BCUT2D eigenvalue weighted by Gasteiger charge is 2.55. The van der Waals surface area contributed by atoms with Gasteiger partial charge in [0.15, 0.2) is 17.0 Å². The molecule has 1 aromatic carbocycles. The Morgan fingerprint density at radius 3 is 2.70 bits per heavy atom. The van der Waals surface area contributed by atoms with E-state index in [0.717, 1.165) is 5.56 Å². The quantitative estimate of drug-likeness (QED) is 0.213. The first-order chi connectivity index (χ1) is 19.1. The predicted molar refractivity (Wildman–Crippen MR) is 149 cm³/mol. The molecule has 2 N–H and O–H groups in total. The minimum absolute atomic E-state index is 0.0925. The molecule has 3 heterocycles. The molecule has 12 nitrogen and oxygen atoms in total. The Kier molecular flexibility index (Phi) is 9.94. The molecule has 0 bridgehead atoms. The van der Waals surface area contributed by atoms with Crippen LogP contribution in [0.15, 0.2) is 36.7 Å². The molecule has 40 heavy (non-hydrogen) atoms. The molecule has 1 fully saturated rings. The number of nitrogens with one attached hydrogen (secondary N) is 1. The zero-order chi connectivity index (χ0) is 28.9. The lowest BCUT2D eigenvalue weighted by atomic mass is 9.83. The van der Waals surface area contributed by atoms with Crippen LogP contribution in [0.2, 0.25) is 5.28 Å². The second-order valence-electron chi connectivity index (χ2n) is 9.90. The molecular weight excluding hydrogens is 561 g/mol. The number of carbonyl (C=O) groups is 1. The molecule has 14 heteroatoms. The summed E-state index contributed by atoms with van der Waals surface area (Å²) in [4.78, 5) is 25.2. The molecule has 0 saturated carbocycles. The van der Waals surface area contributed by atoms with Crippen LogP contribution in [-0.2, 0) is 34.5 Å². The van der Waals surface area contributed by atoms with E-state index in [1.165, 1.54) is 13.0 Å². The van der Waals surface area contributed by atoms with Gasteiger partial charge in [0, 0.05) is 13.1 Å². The van der Waals surface area contributed by atoms with Gasteiger partial charge in [0.25, 0.3) is 0 Å². The Hall–Kier alpha value is -2.44. The monoisotopic (exact) mass is 595 g/mol. The molecule has 5 atom stereocenters. The number of imidazole rings is 1. The maximum atomic E-state index is 12.6. The second kappa shape index (κ2) is 13.0. The van der Waals surface area contributed by atoms with Gasteiger partial charge in [0.2, 0.25) is 11.2 Å². The van der Waals surface area contributed by atoms with Crippen LogP contribution in [-0.4, -0.2) is 69.2 Å². The van der Waals surface area contributed by atoms with Crippen LogP contribution in [0.3, 0.4) is 0 Å². The first-order valence-corrected chi connectivity index (χ1v) is 15.5. The Bertz CT molecular complexity index is 1360. The first-order valence-electron chi connectivity index (χ1n) is 13.1. The van der Waals surface area contributed by atoms with Gasteiger partial charge in [0.1, 0.15) is 12.3 Å². The van der Waals surface area contributed by atoms with E-state index in [2.05, 4.69) is 20.3 Å². The lowest BCUT2D eigenvalue weighted by molar-refractivity contribution is -0.116. The molecule has 0 aliphatic carbocycles. The standard InChI is InChI=1S/C26H35ClN5O7P/c1-5-10-19(33)29-22-20-23(31-25(27)30-22)32(16-28-20)24-26(3,15-36-13-17-11-8-7-9-12-17)21(34)18(39-24)14-38-40(4,35)37-6-2/h7-9,11-12,16,18,21,24,34H,5-6,10,13-15H2,1-4H3,(H,29,30,31,33)/t18-,21+,24-,26?,40?/m1/s1. The average molecular weight is 596 g/mol. The van der Waals surface area contributed by atoms with Crippen LogP contribution < -0.4 is 5.32 Å². The van der Waals surface area contributed by atoms with E-state index in [1.807, 2.05) is 44.2 Å².